The zero-order chi connectivity index (χ0) is 21.6. The van der Waals surface area contributed by atoms with E-state index in [4.69, 9.17) is 9.26 Å². The molecule has 2 heterocycles. The number of carbonyl (C=O) groups is 1. The molecule has 3 aromatic rings. The van der Waals surface area contributed by atoms with Crippen LogP contribution in [0.5, 0.6) is 5.75 Å². The molecule has 1 amide bonds. The van der Waals surface area contributed by atoms with Crippen LogP contribution < -0.4 is 10.1 Å². The Morgan fingerprint density at radius 1 is 1.26 bits per heavy atom. The average molecular weight is 421 g/mol. The number of nitrogens with zero attached hydrogens (tertiary/aromatic N) is 3. The standard InChI is InChI=1S/C24H28N4O3/c1-17-7-5-9-18(13-17)23-26-22(31-27-23)16-28-12-6-10-20(15-28)24(29)25-14-19-8-3-4-11-21(19)30-2/h3-5,7-9,11,13,20H,6,10,12,14-16H2,1-2H3,(H,25,29). The SMILES string of the molecule is COc1ccccc1CNC(=O)C1CCCN(Cc2nc(-c3cccc(C)c3)no2)C1. The summed E-state index contributed by atoms with van der Waals surface area (Å²) in [6.45, 7) is 4.65. The van der Waals surface area contributed by atoms with Crippen molar-refractivity contribution < 1.29 is 14.1 Å². The van der Waals surface area contributed by atoms with Crippen molar-refractivity contribution in [2.45, 2.75) is 32.9 Å². The molecule has 1 N–H and O–H groups in total. The van der Waals surface area contributed by atoms with Crippen molar-refractivity contribution in [1.82, 2.24) is 20.4 Å². The molecule has 0 aliphatic carbocycles. The number of ether oxygens (including phenoxy) is 1. The molecule has 7 heteroatoms. The summed E-state index contributed by atoms with van der Waals surface area (Å²) in [6, 6.07) is 15.8. The van der Waals surface area contributed by atoms with E-state index in [2.05, 4.69) is 20.4 Å². The van der Waals surface area contributed by atoms with Crippen LogP contribution in [0.15, 0.2) is 53.1 Å². The number of rotatable bonds is 7. The first-order valence-corrected chi connectivity index (χ1v) is 10.6. The quantitative estimate of drug-likeness (QED) is 0.629. The summed E-state index contributed by atoms with van der Waals surface area (Å²) in [6.07, 6.45) is 1.85. The number of methoxy groups -OCH3 is 1. The molecule has 2 aromatic carbocycles. The smallest absolute Gasteiger partial charge is 0.241 e. The second-order valence-electron chi connectivity index (χ2n) is 7.99. The van der Waals surface area contributed by atoms with Crippen LogP contribution in [0.25, 0.3) is 11.4 Å². The zero-order valence-corrected chi connectivity index (χ0v) is 18.0. The fraction of sp³-hybridized carbons (Fsp3) is 0.375. The Balaban J connectivity index is 1.33. The van der Waals surface area contributed by atoms with E-state index < -0.39 is 0 Å². The number of aromatic nitrogens is 2. The van der Waals surface area contributed by atoms with E-state index >= 15 is 0 Å². The summed E-state index contributed by atoms with van der Waals surface area (Å²) in [7, 11) is 1.64. The molecular weight excluding hydrogens is 392 g/mol. The Morgan fingerprint density at radius 3 is 2.97 bits per heavy atom. The minimum atomic E-state index is -0.0531. The number of likely N-dealkylation sites (tertiary alicyclic amines) is 1. The normalized spacial score (nSPS) is 16.8. The first-order valence-electron chi connectivity index (χ1n) is 10.6. The number of benzene rings is 2. The highest BCUT2D eigenvalue weighted by Crippen LogP contribution is 2.22. The molecule has 162 valence electrons. The summed E-state index contributed by atoms with van der Waals surface area (Å²) < 4.78 is 10.8. The van der Waals surface area contributed by atoms with E-state index in [0.29, 0.717) is 31.3 Å². The van der Waals surface area contributed by atoms with Crippen molar-refractivity contribution in [2.24, 2.45) is 5.92 Å². The summed E-state index contributed by atoms with van der Waals surface area (Å²) in [5.41, 5.74) is 3.07. The largest absolute Gasteiger partial charge is 0.496 e. The van der Waals surface area contributed by atoms with E-state index in [-0.39, 0.29) is 11.8 Å². The van der Waals surface area contributed by atoms with Gasteiger partial charge in [0.25, 0.3) is 0 Å². The number of carbonyl (C=O) groups excluding carboxylic acids is 1. The highest BCUT2D eigenvalue weighted by molar-refractivity contribution is 5.79. The lowest BCUT2D eigenvalue weighted by Crippen LogP contribution is -2.42. The van der Waals surface area contributed by atoms with Crippen molar-refractivity contribution in [3.8, 4) is 17.1 Å². The molecule has 1 aliphatic rings. The number of amides is 1. The van der Waals surface area contributed by atoms with E-state index in [1.165, 1.54) is 0 Å². The van der Waals surface area contributed by atoms with Crippen molar-refractivity contribution >= 4 is 5.91 Å². The minimum absolute atomic E-state index is 0.0531. The van der Waals surface area contributed by atoms with Gasteiger partial charge >= 0.3 is 0 Å². The Hall–Kier alpha value is -3.19. The summed E-state index contributed by atoms with van der Waals surface area (Å²) >= 11 is 0. The van der Waals surface area contributed by atoms with Gasteiger partial charge in [-0.15, -0.1) is 0 Å². The average Bonchev–Trinajstić information content (AvgIpc) is 3.26. The Labute approximate surface area is 182 Å². The molecule has 0 radical (unpaired) electrons. The molecular formula is C24H28N4O3. The van der Waals surface area contributed by atoms with Gasteiger partial charge in [-0.05, 0) is 38.4 Å². The van der Waals surface area contributed by atoms with Gasteiger partial charge in [0.1, 0.15) is 5.75 Å². The molecule has 7 nitrogen and oxygen atoms in total. The van der Waals surface area contributed by atoms with Crippen LogP contribution in [0, 0.1) is 12.8 Å². The molecule has 1 unspecified atom stereocenters. The molecule has 1 saturated heterocycles. The van der Waals surface area contributed by atoms with Gasteiger partial charge in [-0.2, -0.15) is 4.98 Å². The third-order valence-electron chi connectivity index (χ3n) is 5.63. The van der Waals surface area contributed by atoms with Crippen molar-refractivity contribution in [2.75, 3.05) is 20.2 Å². The molecule has 0 saturated carbocycles. The van der Waals surface area contributed by atoms with Gasteiger partial charge in [0.15, 0.2) is 0 Å². The Bertz CT molecular complexity index is 1030. The summed E-state index contributed by atoms with van der Waals surface area (Å²) in [5, 5.41) is 7.18. The maximum absolute atomic E-state index is 12.8. The number of hydrogen-bond acceptors (Lipinski definition) is 6. The van der Waals surface area contributed by atoms with Gasteiger partial charge in [-0.3, -0.25) is 9.69 Å². The minimum Gasteiger partial charge on any atom is -0.496 e. The van der Waals surface area contributed by atoms with E-state index in [0.717, 1.165) is 41.8 Å². The second kappa shape index (κ2) is 9.75. The number of piperidine rings is 1. The number of nitrogens with one attached hydrogen (secondary N) is 1. The maximum atomic E-state index is 12.8. The molecule has 4 rings (SSSR count). The van der Waals surface area contributed by atoms with Crippen LogP contribution in [-0.4, -0.2) is 41.1 Å². The van der Waals surface area contributed by atoms with Gasteiger partial charge < -0.3 is 14.6 Å². The molecule has 1 aliphatic heterocycles. The maximum Gasteiger partial charge on any atom is 0.241 e. The van der Waals surface area contributed by atoms with Crippen LogP contribution >= 0.6 is 0 Å². The third kappa shape index (κ3) is 5.30. The fourth-order valence-corrected chi connectivity index (χ4v) is 4.00. The number of aryl methyl sites for hydroxylation is 1. The van der Waals surface area contributed by atoms with Crippen LogP contribution in [-0.2, 0) is 17.9 Å². The van der Waals surface area contributed by atoms with E-state index in [1.807, 2.05) is 55.5 Å². The first kappa shape index (κ1) is 21.1. The van der Waals surface area contributed by atoms with Gasteiger partial charge in [-0.25, -0.2) is 0 Å². The third-order valence-corrected chi connectivity index (χ3v) is 5.63. The van der Waals surface area contributed by atoms with E-state index in [1.54, 1.807) is 7.11 Å². The molecule has 1 aromatic heterocycles. The van der Waals surface area contributed by atoms with Gasteiger partial charge in [0, 0.05) is 24.2 Å². The second-order valence-corrected chi connectivity index (χ2v) is 7.99. The molecule has 0 spiro atoms. The Kier molecular flexibility index (Phi) is 6.62. The number of para-hydroxylation sites is 1. The molecule has 1 atom stereocenters. The monoisotopic (exact) mass is 420 g/mol. The van der Waals surface area contributed by atoms with Crippen LogP contribution in [0.3, 0.4) is 0 Å². The van der Waals surface area contributed by atoms with Crippen LogP contribution in [0.2, 0.25) is 0 Å². The van der Waals surface area contributed by atoms with Gasteiger partial charge in [0.05, 0.1) is 19.6 Å². The highest BCUT2D eigenvalue weighted by atomic mass is 16.5. The van der Waals surface area contributed by atoms with Crippen molar-refractivity contribution in [1.29, 1.82) is 0 Å². The molecule has 1 fully saturated rings. The summed E-state index contributed by atoms with van der Waals surface area (Å²) in [4.78, 5) is 19.5. The molecule has 31 heavy (non-hydrogen) atoms. The Morgan fingerprint density at radius 2 is 2.13 bits per heavy atom. The molecule has 0 bridgehead atoms. The van der Waals surface area contributed by atoms with Crippen molar-refractivity contribution in [3.05, 3.63) is 65.5 Å². The predicted molar refractivity (Wildman–Crippen MR) is 117 cm³/mol. The lowest BCUT2D eigenvalue weighted by molar-refractivity contribution is -0.127. The summed E-state index contributed by atoms with van der Waals surface area (Å²) in [5.74, 6) is 1.98. The fourth-order valence-electron chi connectivity index (χ4n) is 4.00. The zero-order valence-electron chi connectivity index (χ0n) is 18.0. The van der Waals surface area contributed by atoms with E-state index in [9.17, 15) is 4.79 Å². The van der Waals surface area contributed by atoms with Crippen LogP contribution in [0.4, 0.5) is 0 Å². The van der Waals surface area contributed by atoms with Crippen LogP contribution in [0.1, 0.15) is 29.9 Å². The first-order chi connectivity index (χ1) is 15.1. The number of hydrogen-bond donors (Lipinski definition) is 1. The van der Waals surface area contributed by atoms with Crippen molar-refractivity contribution in [3.63, 3.8) is 0 Å². The topological polar surface area (TPSA) is 80.5 Å². The highest BCUT2D eigenvalue weighted by Gasteiger charge is 2.27. The predicted octanol–water partition coefficient (Wildman–Crippen LogP) is 3.58. The van der Waals surface area contributed by atoms with Gasteiger partial charge in [0.2, 0.25) is 17.6 Å². The van der Waals surface area contributed by atoms with Gasteiger partial charge in [-0.1, -0.05) is 47.1 Å². The lowest BCUT2D eigenvalue weighted by Gasteiger charge is -2.30. The lowest BCUT2D eigenvalue weighted by atomic mass is 9.97.